The van der Waals surface area contributed by atoms with Crippen molar-refractivity contribution in [1.82, 2.24) is 25.2 Å². The van der Waals surface area contributed by atoms with Crippen molar-refractivity contribution in [3.05, 3.63) is 51.9 Å². The number of piperidine rings is 1. The van der Waals surface area contributed by atoms with Crippen molar-refractivity contribution >= 4 is 28.9 Å². The molecule has 3 amide bonds. The minimum Gasteiger partial charge on any atom is -0.322 e. The van der Waals surface area contributed by atoms with Crippen molar-refractivity contribution in [3.63, 3.8) is 0 Å². The lowest BCUT2D eigenvalue weighted by Gasteiger charge is -2.29. The van der Waals surface area contributed by atoms with Gasteiger partial charge in [0.25, 0.3) is 5.91 Å². The van der Waals surface area contributed by atoms with E-state index in [1.165, 1.54) is 4.90 Å². The Balaban J connectivity index is 1.47. The van der Waals surface area contributed by atoms with E-state index in [-0.39, 0.29) is 23.9 Å². The van der Waals surface area contributed by atoms with Gasteiger partial charge in [0.1, 0.15) is 6.04 Å². The van der Waals surface area contributed by atoms with Gasteiger partial charge < -0.3 is 9.88 Å². The molecule has 1 atom stereocenters. The molecule has 28 heavy (non-hydrogen) atoms. The Hall–Kier alpha value is -3.75. The highest BCUT2D eigenvalue weighted by atomic mass is 16.2. The number of imidazole rings is 1. The molecule has 4 heterocycles. The highest BCUT2D eigenvalue weighted by Crippen LogP contribution is 2.31. The van der Waals surface area contributed by atoms with Crippen LogP contribution in [0.25, 0.3) is 22.4 Å². The predicted octanol–water partition coefficient (Wildman–Crippen LogP) is 0.679. The van der Waals surface area contributed by atoms with Gasteiger partial charge in [0.15, 0.2) is 5.65 Å². The molecule has 3 aromatic rings. The van der Waals surface area contributed by atoms with Gasteiger partial charge in [-0.15, -0.1) is 0 Å². The number of benzene rings is 1. The minimum absolute atomic E-state index is 0.213. The van der Waals surface area contributed by atoms with Crippen molar-refractivity contribution in [3.8, 4) is 11.3 Å². The Morgan fingerprint density at radius 3 is 2.71 bits per heavy atom. The van der Waals surface area contributed by atoms with Gasteiger partial charge >= 0.3 is 5.69 Å². The summed E-state index contributed by atoms with van der Waals surface area (Å²) in [7, 11) is 0. The van der Waals surface area contributed by atoms with Crippen molar-refractivity contribution in [2.45, 2.75) is 25.4 Å². The monoisotopic (exact) mass is 377 g/mol. The highest BCUT2D eigenvalue weighted by Gasteiger charge is 2.39. The van der Waals surface area contributed by atoms with Gasteiger partial charge in [-0.05, 0) is 36.2 Å². The molecule has 1 unspecified atom stereocenters. The Kier molecular flexibility index (Phi) is 3.45. The lowest BCUT2D eigenvalue weighted by Crippen LogP contribution is -2.52. The number of nitrogens with one attached hydrogen (secondary N) is 3. The molecular formula is C19H15N5O4. The fraction of sp³-hybridized carbons (Fsp3) is 0.211. The third kappa shape index (κ3) is 2.51. The lowest BCUT2D eigenvalue weighted by atomic mass is 10.0. The number of aromatic nitrogens is 3. The van der Waals surface area contributed by atoms with E-state index < -0.39 is 11.9 Å². The van der Waals surface area contributed by atoms with Crippen LogP contribution in [0.5, 0.6) is 0 Å². The number of amides is 3. The van der Waals surface area contributed by atoms with Gasteiger partial charge in [-0.3, -0.25) is 24.7 Å². The third-order valence-electron chi connectivity index (χ3n) is 5.19. The fourth-order valence-electron chi connectivity index (χ4n) is 3.81. The lowest BCUT2D eigenvalue weighted by molar-refractivity contribution is -0.136. The zero-order chi connectivity index (χ0) is 19.4. The van der Waals surface area contributed by atoms with Gasteiger partial charge in [-0.25, -0.2) is 9.78 Å². The average Bonchev–Trinajstić information content (AvgIpc) is 3.20. The first-order valence-electron chi connectivity index (χ1n) is 8.86. The standard InChI is InChI=1S/C19H15N5O4/c25-15-6-5-14(17(26)22-15)24-8-10-7-9(1-2-11(10)18(24)27)12-3-4-13-16(20-12)23-19(28)21-13/h1-4,7,14H,5-6,8H2,(H,22,25,26)(H2,20,21,23,28). The van der Waals surface area contributed by atoms with Crippen molar-refractivity contribution in [2.75, 3.05) is 0 Å². The molecule has 2 aromatic heterocycles. The molecule has 0 spiro atoms. The van der Waals surface area contributed by atoms with Crippen LogP contribution >= 0.6 is 0 Å². The van der Waals surface area contributed by atoms with E-state index in [4.69, 9.17) is 0 Å². The van der Waals surface area contributed by atoms with E-state index in [9.17, 15) is 19.2 Å². The van der Waals surface area contributed by atoms with E-state index in [1.807, 2.05) is 6.07 Å². The highest BCUT2D eigenvalue weighted by molar-refractivity contribution is 6.05. The first kappa shape index (κ1) is 16.4. The third-order valence-corrected chi connectivity index (χ3v) is 5.19. The summed E-state index contributed by atoms with van der Waals surface area (Å²) in [5.74, 6) is -0.951. The summed E-state index contributed by atoms with van der Waals surface area (Å²) < 4.78 is 0. The molecule has 2 aliphatic rings. The smallest absolute Gasteiger partial charge is 0.322 e. The average molecular weight is 377 g/mol. The van der Waals surface area contributed by atoms with Crippen LogP contribution in [0.4, 0.5) is 0 Å². The Morgan fingerprint density at radius 2 is 1.89 bits per heavy atom. The van der Waals surface area contributed by atoms with Crippen LogP contribution in [0, 0.1) is 0 Å². The first-order valence-corrected chi connectivity index (χ1v) is 8.86. The number of hydrogen-bond donors (Lipinski definition) is 3. The van der Waals surface area contributed by atoms with E-state index in [0.717, 1.165) is 11.1 Å². The van der Waals surface area contributed by atoms with Crippen molar-refractivity contribution < 1.29 is 14.4 Å². The quantitative estimate of drug-likeness (QED) is 0.566. The number of carbonyl (C=O) groups excluding carboxylic acids is 3. The second-order valence-corrected chi connectivity index (χ2v) is 6.94. The number of rotatable bonds is 2. The van der Waals surface area contributed by atoms with Crippen molar-refractivity contribution in [2.24, 2.45) is 0 Å². The summed E-state index contributed by atoms with van der Waals surface area (Å²) in [6.45, 7) is 0.303. The molecule has 0 radical (unpaired) electrons. The number of H-pyrrole nitrogens is 2. The summed E-state index contributed by atoms with van der Waals surface area (Å²) in [6, 6.07) is 8.32. The molecule has 140 valence electrons. The van der Waals surface area contributed by atoms with E-state index in [2.05, 4.69) is 20.3 Å². The molecule has 0 saturated carbocycles. The number of fused-ring (bicyclic) bond motifs is 2. The number of pyridine rings is 1. The first-order chi connectivity index (χ1) is 13.5. The van der Waals surface area contributed by atoms with Crippen molar-refractivity contribution in [1.29, 1.82) is 0 Å². The number of hydrogen-bond acceptors (Lipinski definition) is 5. The Morgan fingerprint density at radius 1 is 1.04 bits per heavy atom. The molecule has 5 rings (SSSR count). The van der Waals surface area contributed by atoms with Crippen LogP contribution in [-0.4, -0.2) is 43.6 Å². The maximum Gasteiger partial charge on any atom is 0.325 e. The summed E-state index contributed by atoms with van der Waals surface area (Å²) in [5, 5.41) is 2.30. The second-order valence-electron chi connectivity index (χ2n) is 6.94. The number of imide groups is 1. The fourth-order valence-corrected chi connectivity index (χ4v) is 3.81. The van der Waals surface area contributed by atoms with E-state index in [0.29, 0.717) is 35.4 Å². The van der Waals surface area contributed by atoms with Crippen LogP contribution < -0.4 is 11.0 Å². The summed E-state index contributed by atoms with van der Waals surface area (Å²) in [6.07, 6.45) is 0.552. The van der Waals surface area contributed by atoms with E-state index >= 15 is 0 Å². The zero-order valence-electron chi connectivity index (χ0n) is 14.6. The van der Waals surface area contributed by atoms with Crippen LogP contribution in [0.3, 0.4) is 0 Å². The number of nitrogens with zero attached hydrogens (tertiary/aromatic N) is 2. The predicted molar refractivity (Wildman–Crippen MR) is 98.2 cm³/mol. The topological polar surface area (TPSA) is 128 Å². The van der Waals surface area contributed by atoms with Crippen LogP contribution in [-0.2, 0) is 16.1 Å². The normalized spacial score (nSPS) is 19.2. The SMILES string of the molecule is O=C1CCC(N2Cc3cc(-c4ccc5[nH]c(=O)[nH]c5n4)ccc3C2=O)C(=O)N1. The van der Waals surface area contributed by atoms with Crippen LogP contribution in [0.1, 0.15) is 28.8 Å². The molecule has 9 heteroatoms. The largest absolute Gasteiger partial charge is 0.325 e. The molecule has 3 N–H and O–H groups in total. The Bertz CT molecular complexity index is 1220. The molecular weight excluding hydrogens is 362 g/mol. The zero-order valence-corrected chi connectivity index (χ0v) is 14.6. The summed E-state index contributed by atoms with van der Waals surface area (Å²) in [4.78, 5) is 58.9. The number of carbonyl (C=O) groups is 3. The molecule has 0 aliphatic carbocycles. The molecule has 0 bridgehead atoms. The van der Waals surface area contributed by atoms with Gasteiger partial charge in [0, 0.05) is 24.1 Å². The summed E-state index contributed by atoms with van der Waals surface area (Å²) >= 11 is 0. The van der Waals surface area contributed by atoms with Gasteiger partial charge in [0.2, 0.25) is 11.8 Å². The van der Waals surface area contributed by atoms with Gasteiger partial charge in [-0.2, -0.15) is 0 Å². The molecule has 2 aliphatic heterocycles. The van der Waals surface area contributed by atoms with Crippen LogP contribution in [0.15, 0.2) is 35.1 Å². The maximum atomic E-state index is 12.7. The Labute approximate surface area is 157 Å². The molecule has 1 fully saturated rings. The number of aromatic amines is 2. The van der Waals surface area contributed by atoms with Gasteiger partial charge in [-0.1, -0.05) is 6.07 Å². The molecule has 1 aromatic carbocycles. The van der Waals surface area contributed by atoms with Crippen LogP contribution in [0.2, 0.25) is 0 Å². The molecule has 1 saturated heterocycles. The minimum atomic E-state index is -0.638. The second kappa shape index (κ2) is 5.88. The van der Waals surface area contributed by atoms with E-state index in [1.54, 1.807) is 24.3 Å². The maximum absolute atomic E-state index is 12.7. The van der Waals surface area contributed by atoms with Gasteiger partial charge in [0.05, 0.1) is 11.2 Å². The molecule has 9 nitrogen and oxygen atoms in total. The summed E-state index contributed by atoms with van der Waals surface area (Å²) in [5.41, 5.74) is 3.58.